The first kappa shape index (κ1) is 10.8. The first-order valence-corrected chi connectivity index (χ1v) is 3.94. The van der Waals surface area contributed by atoms with Crippen molar-refractivity contribution < 1.29 is 13.2 Å². The fraction of sp³-hybridized carbons (Fsp3) is 0.875. The second kappa shape index (κ2) is 4.62. The van der Waals surface area contributed by atoms with Gasteiger partial charge in [0.2, 0.25) is 0 Å². The molecule has 0 atom stereocenters. The van der Waals surface area contributed by atoms with Gasteiger partial charge in [-0.15, -0.1) is 0 Å². The van der Waals surface area contributed by atoms with Gasteiger partial charge in [-0.2, -0.15) is 13.2 Å². The summed E-state index contributed by atoms with van der Waals surface area (Å²) in [6, 6.07) is 0. The van der Waals surface area contributed by atoms with Crippen LogP contribution in [0.25, 0.3) is 0 Å². The van der Waals surface area contributed by atoms with E-state index in [2.05, 4.69) is 0 Å². The molecule has 0 saturated carbocycles. The molecule has 0 aliphatic carbocycles. The summed E-state index contributed by atoms with van der Waals surface area (Å²) in [5, 5.41) is 0. The van der Waals surface area contributed by atoms with Crippen LogP contribution in [0.3, 0.4) is 0 Å². The Morgan fingerprint density at radius 1 is 1.00 bits per heavy atom. The maximum atomic E-state index is 12.1. The summed E-state index contributed by atoms with van der Waals surface area (Å²) in [5.74, 6) is -0.262. The van der Waals surface area contributed by atoms with Crippen LogP contribution >= 0.6 is 0 Å². The molecule has 0 nitrogen and oxygen atoms in total. The van der Waals surface area contributed by atoms with Crippen LogP contribution in [0.1, 0.15) is 39.5 Å². The van der Waals surface area contributed by atoms with Gasteiger partial charge in [0, 0.05) is 0 Å². The molecule has 0 bridgehead atoms. The monoisotopic (exact) mass is 167 g/mol. The van der Waals surface area contributed by atoms with Crippen molar-refractivity contribution >= 4 is 0 Å². The van der Waals surface area contributed by atoms with Gasteiger partial charge in [-0.3, -0.25) is 0 Å². The summed E-state index contributed by atoms with van der Waals surface area (Å²) < 4.78 is 36.2. The highest BCUT2D eigenvalue weighted by Crippen LogP contribution is 2.34. The van der Waals surface area contributed by atoms with Crippen LogP contribution in [0.4, 0.5) is 13.2 Å². The minimum atomic E-state index is -4.06. The van der Waals surface area contributed by atoms with Crippen molar-refractivity contribution in [3.8, 4) is 0 Å². The van der Waals surface area contributed by atoms with Crippen LogP contribution < -0.4 is 0 Å². The highest BCUT2D eigenvalue weighted by molar-refractivity contribution is 4.96. The maximum Gasteiger partial charge on any atom is 0.395 e. The molecule has 0 fully saturated rings. The molecular formula is C8H14F3. The third kappa shape index (κ3) is 4.27. The second-order valence-corrected chi connectivity index (χ2v) is 2.60. The lowest BCUT2D eigenvalue weighted by Gasteiger charge is -2.17. The highest BCUT2D eigenvalue weighted by Gasteiger charge is 2.38. The normalized spacial score (nSPS) is 12.5. The molecule has 11 heavy (non-hydrogen) atoms. The Morgan fingerprint density at radius 3 is 1.55 bits per heavy atom. The van der Waals surface area contributed by atoms with Crippen molar-refractivity contribution in [2.75, 3.05) is 0 Å². The van der Waals surface area contributed by atoms with Crippen molar-refractivity contribution in [2.45, 2.75) is 45.7 Å². The number of alkyl halides is 3. The zero-order chi connectivity index (χ0) is 8.91. The van der Waals surface area contributed by atoms with Gasteiger partial charge in [0.05, 0.1) is 5.92 Å². The van der Waals surface area contributed by atoms with E-state index in [4.69, 9.17) is 0 Å². The van der Waals surface area contributed by atoms with Gasteiger partial charge in [-0.05, 0) is 12.8 Å². The van der Waals surface area contributed by atoms with Gasteiger partial charge in [-0.1, -0.05) is 26.7 Å². The Balaban J connectivity index is 3.88. The lowest BCUT2D eigenvalue weighted by Crippen LogP contribution is -2.20. The minimum Gasteiger partial charge on any atom is -0.170 e. The maximum absolute atomic E-state index is 12.1. The lowest BCUT2D eigenvalue weighted by atomic mass is 9.98. The summed E-state index contributed by atoms with van der Waals surface area (Å²) in [7, 11) is 0. The summed E-state index contributed by atoms with van der Waals surface area (Å²) in [6.45, 7) is 3.53. The Morgan fingerprint density at radius 2 is 1.36 bits per heavy atom. The zero-order valence-electron chi connectivity index (χ0n) is 6.96. The molecule has 0 unspecified atom stereocenters. The van der Waals surface area contributed by atoms with Crippen LogP contribution in [0.2, 0.25) is 0 Å². The third-order valence-corrected chi connectivity index (χ3v) is 1.50. The molecule has 0 aromatic rings. The number of hydrogen-bond donors (Lipinski definition) is 0. The van der Waals surface area contributed by atoms with Crippen LogP contribution in [0.5, 0.6) is 0 Å². The molecule has 3 heteroatoms. The van der Waals surface area contributed by atoms with Crippen molar-refractivity contribution in [3.63, 3.8) is 0 Å². The number of halogens is 3. The van der Waals surface area contributed by atoms with Gasteiger partial charge in [0.25, 0.3) is 0 Å². The van der Waals surface area contributed by atoms with E-state index < -0.39 is 6.18 Å². The summed E-state index contributed by atoms with van der Waals surface area (Å²) in [6.07, 6.45) is -2.52. The first-order chi connectivity index (χ1) is 5.02. The van der Waals surface area contributed by atoms with Gasteiger partial charge >= 0.3 is 6.18 Å². The average molecular weight is 167 g/mol. The predicted molar refractivity (Wildman–Crippen MR) is 39.1 cm³/mol. The van der Waals surface area contributed by atoms with E-state index in [0.717, 1.165) is 0 Å². The Hall–Kier alpha value is -0.210. The van der Waals surface area contributed by atoms with Gasteiger partial charge < -0.3 is 0 Å². The Bertz CT molecular complexity index is 90.0. The van der Waals surface area contributed by atoms with Crippen LogP contribution in [0, 0.1) is 5.92 Å². The molecule has 67 valence electrons. The molecule has 0 aromatic heterocycles. The quantitative estimate of drug-likeness (QED) is 0.598. The fourth-order valence-corrected chi connectivity index (χ4v) is 1.01. The van der Waals surface area contributed by atoms with E-state index in [1.807, 2.05) is 0 Å². The fourth-order valence-electron chi connectivity index (χ4n) is 1.01. The molecule has 0 N–H and O–H groups in total. The van der Waals surface area contributed by atoms with Gasteiger partial charge in [0.1, 0.15) is 0 Å². The van der Waals surface area contributed by atoms with Crippen molar-refractivity contribution in [1.29, 1.82) is 0 Å². The van der Waals surface area contributed by atoms with Crippen LogP contribution in [-0.4, -0.2) is 6.18 Å². The van der Waals surface area contributed by atoms with Crippen molar-refractivity contribution in [3.05, 3.63) is 5.92 Å². The first-order valence-electron chi connectivity index (χ1n) is 3.94. The van der Waals surface area contributed by atoms with E-state index in [-0.39, 0.29) is 18.8 Å². The van der Waals surface area contributed by atoms with E-state index >= 15 is 0 Å². The summed E-state index contributed by atoms with van der Waals surface area (Å²) >= 11 is 0. The molecular weight excluding hydrogens is 153 g/mol. The zero-order valence-corrected chi connectivity index (χ0v) is 6.96. The van der Waals surface area contributed by atoms with E-state index in [9.17, 15) is 13.2 Å². The third-order valence-electron chi connectivity index (χ3n) is 1.50. The lowest BCUT2D eigenvalue weighted by molar-refractivity contribution is -0.119. The van der Waals surface area contributed by atoms with Crippen LogP contribution in [-0.2, 0) is 0 Å². The SMILES string of the molecule is CCC[C](CCC)C(F)(F)F. The van der Waals surface area contributed by atoms with E-state index in [0.29, 0.717) is 12.8 Å². The van der Waals surface area contributed by atoms with E-state index in [1.54, 1.807) is 13.8 Å². The molecule has 0 amide bonds. The molecule has 0 aliphatic heterocycles. The van der Waals surface area contributed by atoms with E-state index in [1.165, 1.54) is 0 Å². The van der Waals surface area contributed by atoms with Crippen LogP contribution in [0.15, 0.2) is 0 Å². The molecule has 0 aromatic carbocycles. The summed E-state index contributed by atoms with van der Waals surface area (Å²) in [5.41, 5.74) is 0. The molecule has 0 saturated heterocycles. The smallest absolute Gasteiger partial charge is 0.170 e. The molecule has 0 spiro atoms. The Kier molecular flexibility index (Phi) is 4.54. The average Bonchev–Trinajstić information content (AvgIpc) is 1.85. The molecule has 0 heterocycles. The predicted octanol–water partition coefficient (Wildman–Crippen LogP) is 3.72. The van der Waals surface area contributed by atoms with Gasteiger partial charge in [-0.25, -0.2) is 0 Å². The topological polar surface area (TPSA) is 0 Å². The molecule has 1 radical (unpaired) electrons. The summed E-state index contributed by atoms with van der Waals surface area (Å²) in [4.78, 5) is 0. The van der Waals surface area contributed by atoms with Gasteiger partial charge in [0.15, 0.2) is 0 Å². The highest BCUT2D eigenvalue weighted by atomic mass is 19.4. The molecule has 0 aliphatic rings. The molecule has 0 rings (SSSR count). The minimum absolute atomic E-state index is 0.192. The Labute approximate surface area is 65.8 Å². The second-order valence-electron chi connectivity index (χ2n) is 2.60. The standard InChI is InChI=1S/C8H14F3/c1-3-5-7(6-4-2)8(9,10)11/h3-6H2,1-2H3. The van der Waals surface area contributed by atoms with Crippen molar-refractivity contribution in [2.24, 2.45) is 0 Å². The number of rotatable bonds is 4. The van der Waals surface area contributed by atoms with Crippen molar-refractivity contribution in [1.82, 2.24) is 0 Å². The number of hydrogen-bond acceptors (Lipinski definition) is 0. The largest absolute Gasteiger partial charge is 0.395 e.